The van der Waals surface area contributed by atoms with Crippen molar-refractivity contribution in [2.24, 2.45) is 0 Å². The highest BCUT2D eigenvalue weighted by molar-refractivity contribution is 7.19. The van der Waals surface area contributed by atoms with Crippen LogP contribution in [-0.4, -0.2) is 20.9 Å². The van der Waals surface area contributed by atoms with E-state index >= 15 is 0 Å². The van der Waals surface area contributed by atoms with Crippen LogP contribution in [0.15, 0.2) is 36.1 Å². The van der Waals surface area contributed by atoms with Gasteiger partial charge in [0.1, 0.15) is 0 Å². The SMILES string of the molecule is CC(=O)Nc1ncc(-c2csc(Nc3cccnc3)n2)s1. The molecule has 0 bridgehead atoms. The first-order valence-corrected chi connectivity index (χ1v) is 7.77. The number of pyridine rings is 1. The molecular formula is C13H11N5OS2. The summed E-state index contributed by atoms with van der Waals surface area (Å²) in [6, 6.07) is 3.79. The summed E-state index contributed by atoms with van der Waals surface area (Å²) in [7, 11) is 0. The van der Waals surface area contributed by atoms with Crippen molar-refractivity contribution in [1.82, 2.24) is 15.0 Å². The fourth-order valence-corrected chi connectivity index (χ4v) is 3.23. The number of rotatable bonds is 4. The van der Waals surface area contributed by atoms with Crippen LogP contribution in [0.3, 0.4) is 0 Å². The number of hydrogen-bond acceptors (Lipinski definition) is 7. The van der Waals surface area contributed by atoms with E-state index in [0.717, 1.165) is 21.4 Å². The van der Waals surface area contributed by atoms with Crippen LogP contribution in [0, 0.1) is 0 Å². The van der Waals surface area contributed by atoms with Gasteiger partial charge in [-0.15, -0.1) is 11.3 Å². The van der Waals surface area contributed by atoms with Crippen molar-refractivity contribution in [1.29, 1.82) is 0 Å². The molecule has 0 saturated carbocycles. The molecule has 0 radical (unpaired) electrons. The number of amides is 1. The number of carbonyl (C=O) groups excluding carboxylic acids is 1. The monoisotopic (exact) mass is 317 g/mol. The molecular weight excluding hydrogens is 306 g/mol. The summed E-state index contributed by atoms with van der Waals surface area (Å²) in [6.45, 7) is 1.46. The molecule has 106 valence electrons. The number of nitrogens with zero attached hydrogens (tertiary/aromatic N) is 3. The van der Waals surface area contributed by atoms with Gasteiger partial charge in [-0.3, -0.25) is 9.78 Å². The van der Waals surface area contributed by atoms with Crippen molar-refractivity contribution < 1.29 is 4.79 Å². The quantitative estimate of drug-likeness (QED) is 0.771. The van der Waals surface area contributed by atoms with E-state index in [1.807, 2.05) is 17.5 Å². The summed E-state index contributed by atoms with van der Waals surface area (Å²) in [4.78, 5) is 24.6. The Labute approximate surface area is 128 Å². The van der Waals surface area contributed by atoms with Crippen molar-refractivity contribution in [2.45, 2.75) is 6.92 Å². The van der Waals surface area contributed by atoms with Crippen molar-refractivity contribution in [3.05, 3.63) is 36.1 Å². The first-order valence-electron chi connectivity index (χ1n) is 6.07. The summed E-state index contributed by atoms with van der Waals surface area (Å²) in [5.74, 6) is -0.131. The third-order valence-electron chi connectivity index (χ3n) is 2.46. The largest absolute Gasteiger partial charge is 0.330 e. The van der Waals surface area contributed by atoms with Crippen LogP contribution in [0.25, 0.3) is 10.6 Å². The normalized spacial score (nSPS) is 10.3. The average Bonchev–Trinajstić information content (AvgIpc) is 3.08. The van der Waals surface area contributed by atoms with Crippen LogP contribution in [0.5, 0.6) is 0 Å². The smallest absolute Gasteiger partial charge is 0.223 e. The van der Waals surface area contributed by atoms with Crippen LogP contribution < -0.4 is 10.6 Å². The van der Waals surface area contributed by atoms with Gasteiger partial charge in [0.25, 0.3) is 0 Å². The Balaban J connectivity index is 1.75. The summed E-state index contributed by atoms with van der Waals surface area (Å²) >= 11 is 2.90. The third-order valence-corrected chi connectivity index (χ3v) is 4.15. The van der Waals surface area contributed by atoms with Gasteiger partial charge in [0.05, 0.1) is 22.5 Å². The highest BCUT2D eigenvalue weighted by atomic mass is 32.1. The second kappa shape index (κ2) is 5.98. The lowest BCUT2D eigenvalue weighted by atomic mass is 10.4. The minimum Gasteiger partial charge on any atom is -0.330 e. The molecule has 0 unspecified atom stereocenters. The van der Waals surface area contributed by atoms with Crippen molar-refractivity contribution >= 4 is 44.5 Å². The Bertz CT molecular complexity index is 753. The fraction of sp³-hybridized carbons (Fsp3) is 0.0769. The Kier molecular flexibility index (Phi) is 3.89. The summed E-state index contributed by atoms with van der Waals surface area (Å²) in [5.41, 5.74) is 1.72. The highest BCUT2D eigenvalue weighted by Crippen LogP contribution is 2.32. The van der Waals surface area contributed by atoms with Crippen LogP contribution >= 0.6 is 22.7 Å². The van der Waals surface area contributed by atoms with Gasteiger partial charge in [-0.25, -0.2) is 9.97 Å². The molecule has 0 aliphatic carbocycles. The molecule has 6 nitrogen and oxygen atoms in total. The predicted octanol–water partition coefficient (Wildman–Crippen LogP) is 3.36. The molecule has 21 heavy (non-hydrogen) atoms. The molecule has 0 saturated heterocycles. The lowest BCUT2D eigenvalue weighted by Crippen LogP contribution is -2.04. The fourth-order valence-electron chi connectivity index (χ4n) is 1.61. The van der Waals surface area contributed by atoms with Crippen LogP contribution in [0.4, 0.5) is 16.0 Å². The molecule has 2 N–H and O–H groups in total. The summed E-state index contributed by atoms with van der Waals surface area (Å²) in [6.07, 6.45) is 5.17. The molecule has 1 amide bonds. The summed E-state index contributed by atoms with van der Waals surface area (Å²) < 4.78 is 0. The molecule has 0 aromatic carbocycles. The maximum atomic E-state index is 11.0. The van der Waals surface area contributed by atoms with E-state index in [2.05, 4.69) is 25.6 Å². The maximum Gasteiger partial charge on any atom is 0.223 e. The van der Waals surface area contributed by atoms with Crippen LogP contribution in [-0.2, 0) is 4.79 Å². The van der Waals surface area contributed by atoms with Gasteiger partial charge in [0, 0.05) is 24.7 Å². The van der Waals surface area contributed by atoms with Gasteiger partial charge in [-0.1, -0.05) is 11.3 Å². The zero-order chi connectivity index (χ0) is 14.7. The van der Waals surface area contributed by atoms with Gasteiger partial charge >= 0.3 is 0 Å². The lowest BCUT2D eigenvalue weighted by Gasteiger charge is -1.99. The number of aromatic nitrogens is 3. The standard InChI is InChI=1S/C13H11N5OS2/c1-8(19)16-12-15-6-11(21-12)10-7-20-13(18-10)17-9-3-2-4-14-5-9/h2-7H,1H3,(H,17,18)(H,15,16,19). The second-order valence-electron chi connectivity index (χ2n) is 4.12. The van der Waals surface area contributed by atoms with Crippen LogP contribution in [0.1, 0.15) is 6.92 Å². The second-order valence-corrected chi connectivity index (χ2v) is 6.00. The summed E-state index contributed by atoms with van der Waals surface area (Å²) in [5, 5.41) is 9.16. The van der Waals surface area contributed by atoms with Gasteiger partial charge in [0.15, 0.2) is 10.3 Å². The molecule has 8 heteroatoms. The Morgan fingerprint density at radius 3 is 2.95 bits per heavy atom. The molecule has 3 heterocycles. The van der Waals surface area contributed by atoms with Crippen molar-refractivity contribution in [2.75, 3.05) is 10.6 Å². The predicted molar refractivity (Wildman–Crippen MR) is 85.0 cm³/mol. The Morgan fingerprint density at radius 1 is 1.29 bits per heavy atom. The average molecular weight is 317 g/mol. The molecule has 0 aliphatic heterocycles. The first-order chi connectivity index (χ1) is 10.2. The van der Waals surface area contributed by atoms with Gasteiger partial charge in [-0.2, -0.15) is 0 Å². The maximum absolute atomic E-state index is 11.0. The van der Waals surface area contributed by atoms with E-state index in [-0.39, 0.29) is 5.91 Å². The first kappa shape index (κ1) is 13.7. The van der Waals surface area contributed by atoms with E-state index < -0.39 is 0 Å². The number of nitrogens with one attached hydrogen (secondary N) is 2. The third kappa shape index (κ3) is 3.41. The van der Waals surface area contributed by atoms with E-state index in [9.17, 15) is 4.79 Å². The van der Waals surface area contributed by atoms with Gasteiger partial charge in [-0.05, 0) is 12.1 Å². The number of carbonyl (C=O) groups is 1. The minimum atomic E-state index is -0.131. The number of thiazole rings is 2. The molecule has 0 fully saturated rings. The van der Waals surface area contributed by atoms with E-state index in [1.54, 1.807) is 18.6 Å². The van der Waals surface area contributed by atoms with Crippen LogP contribution in [0.2, 0.25) is 0 Å². The van der Waals surface area contributed by atoms with Crippen molar-refractivity contribution in [3.8, 4) is 10.6 Å². The Morgan fingerprint density at radius 2 is 2.19 bits per heavy atom. The zero-order valence-corrected chi connectivity index (χ0v) is 12.7. The zero-order valence-electron chi connectivity index (χ0n) is 11.0. The van der Waals surface area contributed by atoms with E-state index in [4.69, 9.17) is 0 Å². The molecule has 0 spiro atoms. The number of hydrogen-bond donors (Lipinski definition) is 2. The molecule has 0 atom stereocenters. The molecule has 0 aliphatic rings. The van der Waals surface area contributed by atoms with E-state index in [1.165, 1.54) is 29.6 Å². The Hall–Kier alpha value is -2.32. The van der Waals surface area contributed by atoms with Crippen molar-refractivity contribution in [3.63, 3.8) is 0 Å². The highest BCUT2D eigenvalue weighted by Gasteiger charge is 2.09. The molecule has 3 aromatic heterocycles. The topological polar surface area (TPSA) is 79.8 Å². The minimum absolute atomic E-state index is 0.131. The van der Waals surface area contributed by atoms with Gasteiger partial charge < -0.3 is 10.6 Å². The van der Waals surface area contributed by atoms with E-state index in [0.29, 0.717) is 5.13 Å². The number of anilines is 3. The molecule has 3 rings (SSSR count). The molecule has 3 aromatic rings. The van der Waals surface area contributed by atoms with Gasteiger partial charge in [0.2, 0.25) is 5.91 Å². The lowest BCUT2D eigenvalue weighted by molar-refractivity contribution is -0.114.